The Balaban J connectivity index is 1.50. The third kappa shape index (κ3) is 2.96. The fraction of sp³-hybridized carbons (Fsp3) is 0.190. The quantitative estimate of drug-likeness (QED) is 0.399. The molecule has 0 saturated heterocycles. The van der Waals surface area contributed by atoms with Gasteiger partial charge in [0, 0.05) is 10.9 Å². The zero-order chi connectivity index (χ0) is 19.3. The molecule has 0 atom stereocenters. The predicted octanol–water partition coefficient (Wildman–Crippen LogP) is 5.99. The van der Waals surface area contributed by atoms with E-state index in [0.29, 0.717) is 5.95 Å². The summed E-state index contributed by atoms with van der Waals surface area (Å²) in [7, 11) is 0. The van der Waals surface area contributed by atoms with Crippen molar-refractivity contribution >= 4 is 48.9 Å². The van der Waals surface area contributed by atoms with Gasteiger partial charge in [0.05, 0.1) is 15.9 Å². The Bertz CT molecular complexity index is 1310. The van der Waals surface area contributed by atoms with E-state index in [0.717, 1.165) is 27.7 Å². The summed E-state index contributed by atoms with van der Waals surface area (Å²) in [5, 5.41) is 10.9. The summed E-state index contributed by atoms with van der Waals surface area (Å²) in [6.07, 6.45) is 1.02. The van der Waals surface area contributed by atoms with Crippen LogP contribution in [0.1, 0.15) is 23.6 Å². The Kier molecular flexibility index (Phi) is 4.14. The zero-order valence-corrected chi connectivity index (χ0v) is 17.5. The van der Waals surface area contributed by atoms with Gasteiger partial charge in [-0.25, -0.2) is 9.50 Å². The lowest BCUT2D eigenvalue weighted by atomic mass is 10.0. The molecule has 0 saturated carbocycles. The van der Waals surface area contributed by atoms with Crippen molar-refractivity contribution in [3.63, 3.8) is 0 Å². The Morgan fingerprint density at radius 2 is 1.96 bits per heavy atom. The van der Waals surface area contributed by atoms with E-state index in [4.69, 9.17) is 0 Å². The van der Waals surface area contributed by atoms with E-state index >= 15 is 0 Å². The normalized spacial score (nSPS) is 11.5. The first-order valence-electron chi connectivity index (χ1n) is 9.19. The van der Waals surface area contributed by atoms with Crippen LogP contribution in [0.5, 0.6) is 0 Å². The fourth-order valence-corrected chi connectivity index (χ4v) is 5.10. The van der Waals surface area contributed by atoms with Crippen molar-refractivity contribution in [2.45, 2.75) is 27.2 Å². The molecule has 0 aliphatic heterocycles. The van der Waals surface area contributed by atoms with Gasteiger partial charge in [0.2, 0.25) is 10.9 Å². The van der Waals surface area contributed by atoms with Crippen molar-refractivity contribution in [1.29, 1.82) is 0 Å². The second-order valence-corrected chi connectivity index (χ2v) is 8.74. The minimum absolute atomic E-state index is 0.577. The van der Waals surface area contributed by atoms with Gasteiger partial charge in [0.15, 0.2) is 5.13 Å². The Morgan fingerprint density at radius 3 is 2.79 bits per heavy atom. The van der Waals surface area contributed by atoms with E-state index < -0.39 is 0 Å². The van der Waals surface area contributed by atoms with Crippen LogP contribution in [0.3, 0.4) is 0 Å². The lowest BCUT2D eigenvalue weighted by molar-refractivity contribution is 0.987. The first-order valence-corrected chi connectivity index (χ1v) is 10.9. The maximum Gasteiger partial charge on any atom is 0.250 e. The third-order valence-electron chi connectivity index (χ3n) is 4.82. The summed E-state index contributed by atoms with van der Waals surface area (Å²) in [6, 6.07) is 12.9. The number of anilines is 2. The van der Waals surface area contributed by atoms with Crippen molar-refractivity contribution in [1.82, 2.24) is 19.6 Å². The standard InChI is InChI=1S/C21H19N5S2/c1-4-14-6-8-16-18(10-14)28-20(22-16)23-19-24-21-26(25-19)17(11-27-21)15-7-5-12(2)9-13(15)3/h5-11H,4H2,1-3H3,(H,22,23,25). The van der Waals surface area contributed by atoms with Gasteiger partial charge < -0.3 is 0 Å². The van der Waals surface area contributed by atoms with Gasteiger partial charge in [0.25, 0.3) is 0 Å². The molecule has 0 bridgehead atoms. The molecule has 2 aromatic carbocycles. The summed E-state index contributed by atoms with van der Waals surface area (Å²) >= 11 is 3.23. The Hall–Kier alpha value is -2.77. The lowest BCUT2D eigenvalue weighted by Gasteiger charge is -2.05. The maximum atomic E-state index is 4.68. The second-order valence-electron chi connectivity index (χ2n) is 6.87. The molecule has 0 aliphatic rings. The molecule has 28 heavy (non-hydrogen) atoms. The van der Waals surface area contributed by atoms with Crippen molar-refractivity contribution < 1.29 is 0 Å². The van der Waals surface area contributed by atoms with E-state index in [9.17, 15) is 0 Å². The number of nitrogens with one attached hydrogen (secondary N) is 1. The van der Waals surface area contributed by atoms with Crippen LogP contribution in [0.4, 0.5) is 11.1 Å². The summed E-state index contributed by atoms with van der Waals surface area (Å²) in [5.74, 6) is 0.577. The number of aromatic nitrogens is 4. The van der Waals surface area contributed by atoms with E-state index in [1.807, 2.05) is 4.52 Å². The Labute approximate surface area is 170 Å². The minimum Gasteiger partial charge on any atom is -0.299 e. The highest BCUT2D eigenvalue weighted by Crippen LogP contribution is 2.31. The highest BCUT2D eigenvalue weighted by Gasteiger charge is 2.14. The molecule has 0 aliphatic carbocycles. The smallest absolute Gasteiger partial charge is 0.250 e. The highest BCUT2D eigenvalue weighted by atomic mass is 32.1. The van der Waals surface area contributed by atoms with Crippen LogP contribution in [0.2, 0.25) is 0 Å². The minimum atomic E-state index is 0.577. The molecule has 140 valence electrons. The average molecular weight is 406 g/mol. The van der Waals surface area contributed by atoms with Gasteiger partial charge in [-0.15, -0.1) is 16.4 Å². The maximum absolute atomic E-state index is 4.68. The first-order chi connectivity index (χ1) is 13.6. The van der Waals surface area contributed by atoms with Crippen LogP contribution in [0, 0.1) is 13.8 Å². The molecule has 0 radical (unpaired) electrons. The number of aryl methyl sites for hydroxylation is 3. The van der Waals surface area contributed by atoms with Crippen molar-refractivity contribution in [2.75, 3.05) is 5.32 Å². The van der Waals surface area contributed by atoms with Crippen LogP contribution < -0.4 is 5.32 Å². The molecule has 0 fully saturated rings. The monoisotopic (exact) mass is 405 g/mol. The van der Waals surface area contributed by atoms with Gasteiger partial charge in [-0.3, -0.25) is 5.32 Å². The number of rotatable bonds is 4. The summed E-state index contributed by atoms with van der Waals surface area (Å²) in [6.45, 7) is 6.41. The molecular weight excluding hydrogens is 386 g/mol. The van der Waals surface area contributed by atoms with Crippen molar-refractivity contribution in [3.8, 4) is 11.3 Å². The number of benzene rings is 2. The van der Waals surface area contributed by atoms with Gasteiger partial charge >= 0.3 is 0 Å². The van der Waals surface area contributed by atoms with E-state index in [-0.39, 0.29) is 0 Å². The summed E-state index contributed by atoms with van der Waals surface area (Å²) < 4.78 is 3.09. The first kappa shape index (κ1) is 17.3. The molecule has 3 heterocycles. The number of fused-ring (bicyclic) bond motifs is 2. The summed E-state index contributed by atoms with van der Waals surface area (Å²) in [5.41, 5.74) is 7.07. The predicted molar refractivity (Wildman–Crippen MR) is 118 cm³/mol. The number of hydrogen-bond acceptors (Lipinski definition) is 6. The largest absolute Gasteiger partial charge is 0.299 e. The van der Waals surface area contributed by atoms with Crippen LogP contribution >= 0.6 is 22.7 Å². The number of thiazole rings is 2. The van der Waals surface area contributed by atoms with E-state index in [1.54, 1.807) is 22.7 Å². The fourth-order valence-electron chi connectivity index (χ4n) is 3.36. The van der Waals surface area contributed by atoms with Crippen molar-refractivity contribution in [3.05, 3.63) is 58.5 Å². The third-order valence-corrected chi connectivity index (χ3v) is 6.57. The molecular formula is C21H19N5S2. The summed E-state index contributed by atoms with van der Waals surface area (Å²) in [4.78, 5) is 10.2. The van der Waals surface area contributed by atoms with Crippen LogP contribution in [0.25, 0.3) is 26.4 Å². The molecule has 5 rings (SSSR count). The van der Waals surface area contributed by atoms with Crippen LogP contribution in [-0.4, -0.2) is 19.6 Å². The van der Waals surface area contributed by atoms with Gasteiger partial charge in [-0.1, -0.05) is 48.1 Å². The molecule has 0 amide bonds. The zero-order valence-electron chi connectivity index (χ0n) is 15.9. The number of hydrogen-bond donors (Lipinski definition) is 1. The molecule has 7 heteroatoms. The molecule has 1 N–H and O–H groups in total. The van der Waals surface area contributed by atoms with E-state index in [1.165, 1.54) is 27.0 Å². The molecule has 3 aromatic heterocycles. The van der Waals surface area contributed by atoms with Gasteiger partial charge in [-0.05, 0) is 43.5 Å². The Morgan fingerprint density at radius 1 is 1.07 bits per heavy atom. The van der Waals surface area contributed by atoms with Crippen LogP contribution in [-0.2, 0) is 6.42 Å². The molecule has 5 nitrogen and oxygen atoms in total. The molecule has 0 spiro atoms. The van der Waals surface area contributed by atoms with Gasteiger partial charge in [0.1, 0.15) is 0 Å². The number of nitrogens with zero attached hydrogens (tertiary/aromatic N) is 4. The molecule has 0 unspecified atom stereocenters. The lowest BCUT2D eigenvalue weighted by Crippen LogP contribution is -1.94. The van der Waals surface area contributed by atoms with Crippen LogP contribution in [0.15, 0.2) is 41.8 Å². The molecule has 5 aromatic rings. The second kappa shape index (κ2) is 6.68. The highest BCUT2D eigenvalue weighted by molar-refractivity contribution is 7.22. The van der Waals surface area contributed by atoms with Crippen molar-refractivity contribution in [2.24, 2.45) is 0 Å². The topological polar surface area (TPSA) is 55.1 Å². The van der Waals surface area contributed by atoms with Gasteiger partial charge in [-0.2, -0.15) is 4.98 Å². The van der Waals surface area contributed by atoms with E-state index in [2.05, 4.69) is 82.9 Å². The average Bonchev–Trinajstić information content (AvgIpc) is 3.35. The SMILES string of the molecule is CCc1ccc2nc(Nc3nc4scc(-c5ccc(C)cc5C)n4n3)sc2c1.